The van der Waals surface area contributed by atoms with Gasteiger partial charge in [0.25, 0.3) is 11.8 Å². The van der Waals surface area contributed by atoms with Gasteiger partial charge in [0, 0.05) is 67.8 Å². The fourth-order valence-electron chi connectivity index (χ4n) is 8.39. The smallest absolute Gasteiger partial charge is 0.406 e. The fourth-order valence-corrected chi connectivity index (χ4v) is 8.39. The second-order valence-electron chi connectivity index (χ2n) is 15.1. The Hall–Kier alpha value is -6.32. The number of carbonyl (C=O) groups is 2. The minimum Gasteiger partial charge on any atom is -0.508 e. The van der Waals surface area contributed by atoms with Gasteiger partial charge in [0.2, 0.25) is 6.79 Å². The van der Waals surface area contributed by atoms with Crippen molar-refractivity contribution < 1.29 is 42.1 Å². The molecule has 304 valence electrons. The quantitative estimate of drug-likeness (QED) is 0.172. The van der Waals surface area contributed by atoms with E-state index in [0.29, 0.717) is 68.6 Å². The van der Waals surface area contributed by atoms with Gasteiger partial charge in [-0.3, -0.25) is 19.4 Å². The third-order valence-electron chi connectivity index (χ3n) is 11.4. The summed E-state index contributed by atoms with van der Waals surface area (Å²) in [5.41, 5.74) is 3.81. The Labute approximate surface area is 337 Å². The number of benzene rings is 3. The highest BCUT2D eigenvalue weighted by Gasteiger charge is 2.37. The molecule has 3 aliphatic rings. The highest BCUT2D eigenvalue weighted by atomic mass is 19.4. The molecule has 0 aliphatic carbocycles. The van der Waals surface area contributed by atoms with Crippen molar-refractivity contribution in [2.24, 2.45) is 7.05 Å². The molecule has 3 aliphatic heterocycles. The van der Waals surface area contributed by atoms with Crippen LogP contribution in [0.15, 0.2) is 91.3 Å². The van der Waals surface area contributed by atoms with Gasteiger partial charge in [0.15, 0.2) is 11.5 Å². The van der Waals surface area contributed by atoms with Crippen LogP contribution in [0.2, 0.25) is 0 Å². The average Bonchev–Trinajstić information content (AvgIpc) is 3.94. The van der Waals surface area contributed by atoms with E-state index in [-0.39, 0.29) is 58.3 Å². The van der Waals surface area contributed by atoms with Gasteiger partial charge in [-0.15, -0.1) is 0 Å². The van der Waals surface area contributed by atoms with Gasteiger partial charge < -0.3 is 33.4 Å². The van der Waals surface area contributed by atoms with Gasteiger partial charge in [-0.2, -0.15) is 13.2 Å². The molecule has 1 fully saturated rings. The molecule has 6 aromatic rings. The number of rotatable bonds is 8. The first-order valence-corrected chi connectivity index (χ1v) is 19.3. The Morgan fingerprint density at radius 3 is 2.39 bits per heavy atom. The molecule has 1 atom stereocenters. The SMILES string of the molecule is Cc1c(C(=O)N(c2ccc(O)cc2)c2cnc3c(ccn3C)c2)cc(-c2cc3c(cc2C(=O)N2Cc4ccccc4C[C@H]2CN2CCOCC2)OCO3)n1CC(F)(F)F. The Kier molecular flexibility index (Phi) is 9.80. The van der Waals surface area contributed by atoms with Crippen LogP contribution in [0.4, 0.5) is 24.5 Å². The number of halogens is 3. The number of phenols is 1. The van der Waals surface area contributed by atoms with E-state index >= 15 is 4.79 Å². The standard InChI is InChI=1S/C44H41F3N6O6/c1-27-35(43(56)53(31-7-9-34(54)10-8-31)32-18-29-11-12-49(2)41(29)48-22-32)19-38(52(27)25-44(45,46)47)36-20-39-40(59-26-58-39)21-37(36)42(55)51-23-30-6-4-3-5-28(30)17-33(51)24-50-13-15-57-16-14-50/h3-12,18-22,33,54H,13-17,23-26H2,1-2H3/t33-/m0/s1. The van der Waals surface area contributed by atoms with Gasteiger partial charge in [-0.25, -0.2) is 4.98 Å². The maximum Gasteiger partial charge on any atom is 0.406 e. The van der Waals surface area contributed by atoms with Crippen molar-refractivity contribution in [1.82, 2.24) is 23.9 Å². The van der Waals surface area contributed by atoms with Crippen LogP contribution in [0.25, 0.3) is 22.3 Å². The Morgan fingerprint density at radius 2 is 1.64 bits per heavy atom. The topological polar surface area (TPSA) is 115 Å². The number of ether oxygens (including phenoxy) is 3. The predicted octanol–water partition coefficient (Wildman–Crippen LogP) is 7.22. The number of nitrogens with zero attached hydrogens (tertiary/aromatic N) is 6. The maximum absolute atomic E-state index is 15.1. The van der Waals surface area contributed by atoms with Gasteiger partial charge >= 0.3 is 6.18 Å². The van der Waals surface area contributed by atoms with Crippen LogP contribution in [0.5, 0.6) is 17.2 Å². The number of phenolic OH excluding ortho intramolecular Hbond substituents is 1. The van der Waals surface area contributed by atoms with Crippen molar-refractivity contribution in [2.75, 3.05) is 44.5 Å². The number of hydrogen-bond acceptors (Lipinski definition) is 8. The van der Waals surface area contributed by atoms with Gasteiger partial charge in [-0.05, 0) is 79.1 Å². The predicted molar refractivity (Wildman–Crippen MR) is 213 cm³/mol. The molecule has 3 aromatic carbocycles. The molecule has 0 spiro atoms. The number of morpholine rings is 1. The summed E-state index contributed by atoms with van der Waals surface area (Å²) in [4.78, 5) is 40.1. The number of amides is 2. The third-order valence-corrected chi connectivity index (χ3v) is 11.4. The lowest BCUT2D eigenvalue weighted by atomic mass is 9.92. The molecular weight excluding hydrogens is 766 g/mol. The van der Waals surface area contributed by atoms with Crippen molar-refractivity contribution in [2.45, 2.75) is 38.7 Å². The summed E-state index contributed by atoms with van der Waals surface area (Å²) in [5, 5.41) is 10.9. The van der Waals surface area contributed by atoms with Crippen molar-refractivity contribution in [3.8, 4) is 28.5 Å². The van der Waals surface area contributed by atoms with E-state index in [1.165, 1.54) is 48.4 Å². The van der Waals surface area contributed by atoms with E-state index < -0.39 is 18.6 Å². The van der Waals surface area contributed by atoms with E-state index in [0.717, 1.165) is 21.1 Å². The van der Waals surface area contributed by atoms with E-state index in [1.807, 2.05) is 42.1 Å². The molecule has 0 saturated carbocycles. The number of aromatic hydroxyl groups is 1. The van der Waals surface area contributed by atoms with E-state index in [4.69, 9.17) is 14.2 Å². The van der Waals surface area contributed by atoms with E-state index in [9.17, 15) is 23.1 Å². The molecule has 59 heavy (non-hydrogen) atoms. The number of aryl methyl sites for hydroxylation is 1. The second kappa shape index (κ2) is 15.1. The fraction of sp³-hybridized carbons (Fsp3) is 0.295. The zero-order valence-electron chi connectivity index (χ0n) is 32.4. The summed E-state index contributed by atoms with van der Waals surface area (Å²) in [6, 6.07) is 21.8. The first-order chi connectivity index (χ1) is 28.4. The molecule has 1 N–H and O–H groups in total. The summed E-state index contributed by atoms with van der Waals surface area (Å²) in [6.07, 6.45) is -0.746. The Balaban J connectivity index is 1.18. The first-order valence-electron chi connectivity index (χ1n) is 19.3. The van der Waals surface area contributed by atoms with E-state index in [1.54, 1.807) is 23.1 Å². The number of anilines is 2. The number of aromatic nitrogens is 3. The molecule has 1 saturated heterocycles. The van der Waals surface area contributed by atoms with Crippen LogP contribution in [-0.4, -0.2) is 92.7 Å². The van der Waals surface area contributed by atoms with E-state index in [2.05, 4.69) is 16.0 Å². The number of pyridine rings is 1. The molecule has 0 bridgehead atoms. The second-order valence-corrected chi connectivity index (χ2v) is 15.1. The molecular formula is C44H41F3N6O6. The lowest BCUT2D eigenvalue weighted by Crippen LogP contribution is -2.52. The van der Waals surface area contributed by atoms with Gasteiger partial charge in [0.05, 0.1) is 41.9 Å². The molecule has 12 nitrogen and oxygen atoms in total. The van der Waals surface area contributed by atoms with Crippen LogP contribution in [0.3, 0.4) is 0 Å². The molecule has 6 heterocycles. The van der Waals surface area contributed by atoms with Crippen LogP contribution < -0.4 is 14.4 Å². The zero-order valence-corrected chi connectivity index (χ0v) is 32.4. The number of alkyl halides is 3. The zero-order chi connectivity index (χ0) is 41.0. The van der Waals surface area contributed by atoms with Crippen LogP contribution in [0.1, 0.15) is 37.5 Å². The Bertz CT molecular complexity index is 2580. The Morgan fingerprint density at radius 1 is 0.915 bits per heavy atom. The molecule has 0 unspecified atom stereocenters. The number of fused-ring (bicyclic) bond motifs is 3. The lowest BCUT2D eigenvalue weighted by molar-refractivity contribution is -0.140. The highest BCUT2D eigenvalue weighted by Crippen LogP contribution is 2.43. The minimum atomic E-state index is -4.70. The van der Waals surface area contributed by atoms with Crippen molar-refractivity contribution >= 4 is 34.2 Å². The largest absolute Gasteiger partial charge is 0.508 e. The molecule has 9 rings (SSSR count). The van der Waals surface area contributed by atoms with Crippen LogP contribution in [-0.2, 0) is 31.3 Å². The molecule has 0 radical (unpaired) electrons. The molecule has 15 heteroatoms. The van der Waals surface area contributed by atoms with Crippen molar-refractivity contribution in [3.05, 3.63) is 119 Å². The summed E-state index contributed by atoms with van der Waals surface area (Å²) in [5.74, 6) is -0.493. The summed E-state index contributed by atoms with van der Waals surface area (Å²) in [6.45, 7) is 3.38. The highest BCUT2D eigenvalue weighted by molar-refractivity contribution is 6.13. The average molecular weight is 807 g/mol. The number of carbonyl (C=O) groups excluding carboxylic acids is 2. The monoisotopic (exact) mass is 806 g/mol. The lowest BCUT2D eigenvalue weighted by Gasteiger charge is -2.40. The van der Waals surface area contributed by atoms with Crippen LogP contribution >= 0.6 is 0 Å². The number of hydrogen-bond donors (Lipinski definition) is 1. The van der Waals surface area contributed by atoms with Gasteiger partial charge in [0.1, 0.15) is 17.9 Å². The summed E-state index contributed by atoms with van der Waals surface area (Å²) < 4.78 is 63.7. The molecule has 3 aromatic heterocycles. The summed E-state index contributed by atoms with van der Waals surface area (Å²) in [7, 11) is 1.84. The normalized spacial score (nSPS) is 16.7. The maximum atomic E-state index is 15.1. The van der Waals surface area contributed by atoms with Crippen LogP contribution in [0, 0.1) is 6.92 Å². The third kappa shape index (κ3) is 7.36. The first kappa shape index (κ1) is 38.2. The summed E-state index contributed by atoms with van der Waals surface area (Å²) >= 11 is 0. The minimum absolute atomic E-state index is 0.00857. The molecule has 2 amide bonds. The van der Waals surface area contributed by atoms with Crippen molar-refractivity contribution in [1.29, 1.82) is 0 Å². The van der Waals surface area contributed by atoms with Crippen molar-refractivity contribution in [3.63, 3.8) is 0 Å². The van der Waals surface area contributed by atoms with Gasteiger partial charge in [-0.1, -0.05) is 24.3 Å².